The Labute approximate surface area is 77.9 Å². The van der Waals surface area contributed by atoms with Gasteiger partial charge in [0.05, 0.1) is 0 Å². The molecule has 0 amide bonds. The Hall–Kier alpha value is -0.150. The lowest BCUT2D eigenvalue weighted by atomic mass is 10.2. The molecule has 0 bridgehead atoms. The van der Waals surface area contributed by atoms with E-state index >= 15 is 0 Å². The van der Waals surface area contributed by atoms with E-state index in [1.807, 2.05) is 13.0 Å². The average Bonchev–Trinajstić information content (AvgIpc) is 2.01. The largest absolute Gasteiger partial charge is 0.311 e. The molecule has 2 atom stereocenters. The first-order chi connectivity index (χ1) is 5.66. The average molecular weight is 189 g/mol. The molecule has 0 saturated carbocycles. The Morgan fingerprint density at radius 2 is 2.25 bits per heavy atom. The fraction of sp³-hybridized carbons (Fsp3) is 0.778. The highest BCUT2D eigenvalue weighted by atomic mass is 32.2. The first kappa shape index (κ1) is 11.8. The van der Waals surface area contributed by atoms with Gasteiger partial charge in [-0.3, -0.25) is 4.21 Å². The lowest BCUT2D eigenvalue weighted by molar-refractivity contribution is 0.567. The van der Waals surface area contributed by atoms with Crippen LogP contribution >= 0.6 is 0 Å². The number of hydrogen-bond donors (Lipinski definition) is 1. The van der Waals surface area contributed by atoms with Crippen molar-refractivity contribution in [3.05, 3.63) is 12.2 Å². The van der Waals surface area contributed by atoms with E-state index < -0.39 is 10.8 Å². The van der Waals surface area contributed by atoms with Gasteiger partial charge >= 0.3 is 0 Å². The zero-order valence-electron chi connectivity index (χ0n) is 8.17. The molecule has 2 unspecified atom stereocenters. The second-order valence-corrected chi connectivity index (χ2v) is 4.50. The van der Waals surface area contributed by atoms with Crippen molar-refractivity contribution in [2.75, 3.05) is 18.6 Å². The van der Waals surface area contributed by atoms with Gasteiger partial charge in [0, 0.05) is 35.4 Å². The minimum atomic E-state index is -0.651. The van der Waals surface area contributed by atoms with Gasteiger partial charge in [-0.15, -0.1) is 0 Å². The lowest BCUT2D eigenvalue weighted by Gasteiger charge is -2.10. The van der Waals surface area contributed by atoms with Crippen molar-refractivity contribution in [2.45, 2.75) is 26.3 Å². The zero-order valence-corrected chi connectivity index (χ0v) is 8.99. The van der Waals surface area contributed by atoms with Crippen LogP contribution < -0.4 is 5.32 Å². The molecule has 0 aliphatic rings. The zero-order chi connectivity index (χ0) is 9.40. The van der Waals surface area contributed by atoms with Crippen LogP contribution in [0.15, 0.2) is 12.2 Å². The topological polar surface area (TPSA) is 29.1 Å². The lowest BCUT2D eigenvalue weighted by Crippen LogP contribution is -2.27. The first-order valence-corrected chi connectivity index (χ1v) is 6.04. The Morgan fingerprint density at radius 1 is 1.58 bits per heavy atom. The van der Waals surface area contributed by atoms with E-state index in [0.29, 0.717) is 6.04 Å². The molecule has 0 aliphatic carbocycles. The number of hydrogen-bond acceptors (Lipinski definition) is 2. The molecule has 0 spiro atoms. The van der Waals surface area contributed by atoms with Gasteiger partial charge in [-0.1, -0.05) is 12.2 Å². The molecule has 0 radical (unpaired) electrons. The molecule has 12 heavy (non-hydrogen) atoms. The number of rotatable bonds is 6. The highest BCUT2D eigenvalue weighted by Crippen LogP contribution is 1.91. The van der Waals surface area contributed by atoms with Crippen LogP contribution in [-0.2, 0) is 10.8 Å². The Balaban J connectivity index is 3.33. The molecule has 0 saturated heterocycles. The summed E-state index contributed by atoms with van der Waals surface area (Å²) in [7, 11) is -0.651. The SMILES string of the molecule is C/C=C/CNC(C)CCS(C)=O. The van der Waals surface area contributed by atoms with Crippen LogP contribution in [0, 0.1) is 0 Å². The fourth-order valence-electron chi connectivity index (χ4n) is 0.832. The third-order valence-corrected chi connectivity index (χ3v) is 2.47. The molecule has 0 aromatic carbocycles. The smallest absolute Gasteiger partial charge is 0.0246 e. The Morgan fingerprint density at radius 3 is 2.75 bits per heavy atom. The normalized spacial score (nSPS) is 16.6. The van der Waals surface area contributed by atoms with E-state index in [2.05, 4.69) is 18.3 Å². The minimum absolute atomic E-state index is 0.463. The molecule has 0 heterocycles. The summed E-state index contributed by atoms with van der Waals surface area (Å²) in [6.07, 6.45) is 6.84. The Kier molecular flexibility index (Phi) is 7.40. The summed E-state index contributed by atoms with van der Waals surface area (Å²) in [6, 6.07) is 0.463. The van der Waals surface area contributed by atoms with E-state index in [-0.39, 0.29) is 0 Å². The highest BCUT2D eigenvalue weighted by molar-refractivity contribution is 7.84. The number of nitrogens with one attached hydrogen (secondary N) is 1. The van der Waals surface area contributed by atoms with E-state index in [9.17, 15) is 4.21 Å². The molecule has 3 heteroatoms. The molecule has 1 N–H and O–H groups in total. The third kappa shape index (κ3) is 7.95. The van der Waals surface area contributed by atoms with Crippen LogP contribution in [0.3, 0.4) is 0 Å². The van der Waals surface area contributed by atoms with Crippen LogP contribution in [0.1, 0.15) is 20.3 Å². The summed E-state index contributed by atoms with van der Waals surface area (Å²) in [5, 5.41) is 3.32. The molecular formula is C9H19NOS. The van der Waals surface area contributed by atoms with Gasteiger partial charge in [-0.25, -0.2) is 0 Å². The van der Waals surface area contributed by atoms with Gasteiger partial charge in [0.1, 0.15) is 0 Å². The second-order valence-electron chi connectivity index (χ2n) is 2.94. The van der Waals surface area contributed by atoms with E-state index in [1.54, 1.807) is 6.26 Å². The summed E-state index contributed by atoms with van der Waals surface area (Å²) in [6.45, 7) is 5.04. The van der Waals surface area contributed by atoms with Crippen molar-refractivity contribution in [1.29, 1.82) is 0 Å². The van der Waals surface area contributed by atoms with Gasteiger partial charge in [-0.2, -0.15) is 0 Å². The molecule has 0 aromatic rings. The van der Waals surface area contributed by atoms with Crippen molar-refractivity contribution >= 4 is 10.8 Å². The van der Waals surface area contributed by atoms with E-state index in [1.165, 1.54) is 0 Å². The van der Waals surface area contributed by atoms with Crippen LogP contribution in [0.4, 0.5) is 0 Å². The minimum Gasteiger partial charge on any atom is -0.311 e. The van der Waals surface area contributed by atoms with Crippen molar-refractivity contribution in [3.63, 3.8) is 0 Å². The van der Waals surface area contributed by atoms with Crippen molar-refractivity contribution in [3.8, 4) is 0 Å². The summed E-state index contributed by atoms with van der Waals surface area (Å²) >= 11 is 0. The summed E-state index contributed by atoms with van der Waals surface area (Å²) < 4.78 is 10.7. The van der Waals surface area contributed by atoms with E-state index in [4.69, 9.17) is 0 Å². The monoisotopic (exact) mass is 189 g/mol. The summed E-state index contributed by atoms with van der Waals surface area (Å²) in [5.41, 5.74) is 0. The van der Waals surface area contributed by atoms with Crippen LogP contribution in [0.5, 0.6) is 0 Å². The maximum Gasteiger partial charge on any atom is 0.0246 e. The van der Waals surface area contributed by atoms with Crippen LogP contribution in [0.25, 0.3) is 0 Å². The molecule has 2 nitrogen and oxygen atoms in total. The van der Waals surface area contributed by atoms with Gasteiger partial charge in [0.25, 0.3) is 0 Å². The predicted octanol–water partition coefficient (Wildman–Crippen LogP) is 1.31. The van der Waals surface area contributed by atoms with Gasteiger partial charge in [0.15, 0.2) is 0 Å². The van der Waals surface area contributed by atoms with Crippen molar-refractivity contribution < 1.29 is 4.21 Å². The molecule has 0 aliphatic heterocycles. The molecule has 0 rings (SSSR count). The fourth-order valence-corrected chi connectivity index (χ4v) is 1.52. The maximum atomic E-state index is 10.7. The third-order valence-electron chi connectivity index (χ3n) is 1.66. The summed E-state index contributed by atoms with van der Waals surface area (Å²) in [5.74, 6) is 0.796. The van der Waals surface area contributed by atoms with E-state index in [0.717, 1.165) is 18.7 Å². The molecule has 0 aromatic heterocycles. The maximum absolute atomic E-state index is 10.7. The van der Waals surface area contributed by atoms with Gasteiger partial charge < -0.3 is 5.32 Å². The quantitative estimate of drug-likeness (QED) is 0.638. The van der Waals surface area contributed by atoms with Crippen LogP contribution in [0.2, 0.25) is 0 Å². The van der Waals surface area contributed by atoms with Crippen molar-refractivity contribution in [1.82, 2.24) is 5.32 Å². The van der Waals surface area contributed by atoms with Crippen molar-refractivity contribution in [2.24, 2.45) is 0 Å². The summed E-state index contributed by atoms with van der Waals surface area (Å²) in [4.78, 5) is 0. The molecular weight excluding hydrogens is 170 g/mol. The molecule has 72 valence electrons. The predicted molar refractivity (Wildman–Crippen MR) is 55.8 cm³/mol. The standard InChI is InChI=1S/C9H19NOS/c1-4-5-7-10-9(2)6-8-12(3)11/h4-5,9-10H,6-8H2,1-3H3/b5-4+. The molecule has 0 fully saturated rings. The van der Waals surface area contributed by atoms with Gasteiger partial charge in [-0.05, 0) is 20.3 Å². The van der Waals surface area contributed by atoms with Crippen LogP contribution in [-0.4, -0.2) is 28.8 Å². The highest BCUT2D eigenvalue weighted by Gasteiger charge is 2.00. The first-order valence-electron chi connectivity index (χ1n) is 4.31. The number of allylic oxidation sites excluding steroid dienone is 1. The Bertz CT molecular complexity index is 157. The van der Waals surface area contributed by atoms with Gasteiger partial charge in [0.2, 0.25) is 0 Å². The second kappa shape index (κ2) is 7.50.